The number of carbonyl (C=O) groups excluding carboxylic acids is 2. The van der Waals surface area contributed by atoms with Crippen LogP contribution in [-0.4, -0.2) is 72.3 Å². The van der Waals surface area contributed by atoms with Crippen LogP contribution in [0.2, 0.25) is 0 Å². The molecule has 0 aliphatic carbocycles. The standard InChI is InChI=1S/C18H26IN3O2/c1-3-21(4-2)17(23)14-20-10-7-11-22(13-12-20)18(24)15-8-5-6-9-16(15)19/h5-6,8-9H,3-4,7,10-14H2,1-2H3. The summed E-state index contributed by atoms with van der Waals surface area (Å²) >= 11 is 2.21. The average molecular weight is 443 g/mol. The van der Waals surface area contributed by atoms with Gasteiger partial charge in [-0.1, -0.05) is 12.1 Å². The lowest BCUT2D eigenvalue weighted by Crippen LogP contribution is -2.42. The van der Waals surface area contributed by atoms with Crippen LogP contribution in [0.1, 0.15) is 30.6 Å². The second-order valence-corrected chi connectivity index (χ2v) is 7.13. The molecule has 0 bridgehead atoms. The molecule has 1 fully saturated rings. The Morgan fingerprint density at radius 3 is 2.46 bits per heavy atom. The first kappa shape index (κ1) is 19.2. The molecule has 1 aromatic rings. The van der Waals surface area contributed by atoms with Crippen LogP contribution in [0.3, 0.4) is 0 Å². The third kappa shape index (κ3) is 4.92. The molecule has 1 aromatic carbocycles. The molecule has 0 atom stereocenters. The van der Waals surface area contributed by atoms with Crippen LogP contribution in [0.5, 0.6) is 0 Å². The Morgan fingerprint density at radius 1 is 1.08 bits per heavy atom. The van der Waals surface area contributed by atoms with Gasteiger partial charge in [0, 0.05) is 42.8 Å². The Morgan fingerprint density at radius 2 is 1.79 bits per heavy atom. The lowest BCUT2D eigenvalue weighted by atomic mass is 10.2. The Kier molecular flexibility index (Phi) is 7.48. The van der Waals surface area contributed by atoms with Gasteiger partial charge in [-0.15, -0.1) is 0 Å². The molecule has 0 spiro atoms. The number of nitrogens with zero attached hydrogens (tertiary/aromatic N) is 3. The van der Waals surface area contributed by atoms with Gasteiger partial charge in [-0.25, -0.2) is 0 Å². The van der Waals surface area contributed by atoms with E-state index in [9.17, 15) is 9.59 Å². The molecule has 132 valence electrons. The van der Waals surface area contributed by atoms with E-state index >= 15 is 0 Å². The lowest BCUT2D eigenvalue weighted by Gasteiger charge is -2.25. The van der Waals surface area contributed by atoms with Crippen LogP contribution in [0.25, 0.3) is 0 Å². The first-order valence-corrected chi connectivity index (χ1v) is 9.68. The SMILES string of the molecule is CCN(CC)C(=O)CN1CCCN(C(=O)c2ccccc2I)CC1. The molecular formula is C18H26IN3O2. The summed E-state index contributed by atoms with van der Waals surface area (Å²) < 4.78 is 0.984. The first-order valence-electron chi connectivity index (χ1n) is 8.60. The molecule has 1 heterocycles. The van der Waals surface area contributed by atoms with Crippen molar-refractivity contribution in [3.63, 3.8) is 0 Å². The van der Waals surface area contributed by atoms with Crippen molar-refractivity contribution in [1.29, 1.82) is 0 Å². The summed E-state index contributed by atoms with van der Waals surface area (Å²) in [4.78, 5) is 30.9. The number of hydrogen-bond donors (Lipinski definition) is 0. The second-order valence-electron chi connectivity index (χ2n) is 5.97. The summed E-state index contributed by atoms with van der Waals surface area (Å²) in [6, 6.07) is 7.70. The van der Waals surface area contributed by atoms with E-state index in [0.717, 1.165) is 48.3 Å². The highest BCUT2D eigenvalue weighted by Crippen LogP contribution is 2.15. The zero-order valence-corrected chi connectivity index (χ0v) is 16.7. The van der Waals surface area contributed by atoms with E-state index in [-0.39, 0.29) is 11.8 Å². The summed E-state index contributed by atoms with van der Waals surface area (Å²) in [6.07, 6.45) is 0.903. The molecule has 1 aliphatic heterocycles. The fraction of sp³-hybridized carbons (Fsp3) is 0.556. The first-order chi connectivity index (χ1) is 11.6. The quantitative estimate of drug-likeness (QED) is 0.657. The molecule has 6 heteroatoms. The number of benzene rings is 1. The van der Waals surface area contributed by atoms with Crippen LogP contribution in [0.15, 0.2) is 24.3 Å². The van der Waals surface area contributed by atoms with Crippen molar-refractivity contribution in [3.05, 3.63) is 33.4 Å². The summed E-state index contributed by atoms with van der Waals surface area (Å²) in [6.45, 7) is 9.00. The van der Waals surface area contributed by atoms with Crippen molar-refractivity contribution in [2.75, 3.05) is 45.8 Å². The van der Waals surface area contributed by atoms with Crippen LogP contribution in [0, 0.1) is 3.57 Å². The van der Waals surface area contributed by atoms with Gasteiger partial charge in [0.05, 0.1) is 12.1 Å². The maximum absolute atomic E-state index is 12.7. The maximum atomic E-state index is 12.7. The van der Waals surface area contributed by atoms with Gasteiger partial charge < -0.3 is 9.80 Å². The fourth-order valence-corrected chi connectivity index (χ4v) is 3.62. The van der Waals surface area contributed by atoms with Crippen LogP contribution >= 0.6 is 22.6 Å². The zero-order valence-electron chi connectivity index (χ0n) is 14.5. The average Bonchev–Trinajstić information content (AvgIpc) is 2.81. The van der Waals surface area contributed by atoms with Crippen molar-refractivity contribution in [2.24, 2.45) is 0 Å². The highest BCUT2D eigenvalue weighted by molar-refractivity contribution is 14.1. The number of hydrogen-bond acceptors (Lipinski definition) is 3. The summed E-state index contributed by atoms with van der Waals surface area (Å²) in [5.74, 6) is 0.273. The van der Waals surface area contributed by atoms with E-state index in [1.165, 1.54) is 0 Å². The molecule has 0 saturated carbocycles. The van der Waals surface area contributed by atoms with Crippen molar-refractivity contribution < 1.29 is 9.59 Å². The Labute approximate surface area is 158 Å². The predicted molar refractivity (Wildman–Crippen MR) is 104 cm³/mol. The minimum atomic E-state index is 0.0944. The highest BCUT2D eigenvalue weighted by Gasteiger charge is 2.23. The molecule has 5 nitrogen and oxygen atoms in total. The Bertz CT molecular complexity index is 575. The van der Waals surface area contributed by atoms with Gasteiger partial charge in [0.1, 0.15) is 0 Å². The van der Waals surface area contributed by atoms with Crippen molar-refractivity contribution in [2.45, 2.75) is 20.3 Å². The highest BCUT2D eigenvalue weighted by atomic mass is 127. The van der Waals surface area contributed by atoms with E-state index in [0.29, 0.717) is 13.1 Å². The second kappa shape index (κ2) is 9.36. The molecule has 2 rings (SSSR count). The minimum absolute atomic E-state index is 0.0944. The smallest absolute Gasteiger partial charge is 0.254 e. The van der Waals surface area contributed by atoms with Crippen LogP contribution < -0.4 is 0 Å². The van der Waals surface area contributed by atoms with E-state index in [4.69, 9.17) is 0 Å². The van der Waals surface area contributed by atoms with Gasteiger partial charge >= 0.3 is 0 Å². The normalized spacial score (nSPS) is 15.9. The van der Waals surface area contributed by atoms with Crippen molar-refractivity contribution in [3.8, 4) is 0 Å². The number of halogens is 1. The molecule has 0 unspecified atom stereocenters. The van der Waals surface area contributed by atoms with Crippen LogP contribution in [0.4, 0.5) is 0 Å². The molecular weight excluding hydrogens is 417 g/mol. The zero-order chi connectivity index (χ0) is 17.5. The lowest BCUT2D eigenvalue weighted by molar-refractivity contribution is -0.132. The summed E-state index contributed by atoms with van der Waals surface area (Å²) in [7, 11) is 0. The summed E-state index contributed by atoms with van der Waals surface area (Å²) in [5, 5.41) is 0. The van der Waals surface area contributed by atoms with Crippen molar-refractivity contribution >= 4 is 34.4 Å². The van der Waals surface area contributed by atoms with E-state index in [1.54, 1.807) is 0 Å². The Hall–Kier alpha value is -1.15. The van der Waals surface area contributed by atoms with E-state index < -0.39 is 0 Å². The predicted octanol–water partition coefficient (Wildman–Crippen LogP) is 2.31. The van der Waals surface area contributed by atoms with Gasteiger partial charge in [0.15, 0.2) is 0 Å². The van der Waals surface area contributed by atoms with Gasteiger partial charge in [0.2, 0.25) is 5.91 Å². The fourth-order valence-electron chi connectivity index (χ4n) is 3.00. The molecule has 24 heavy (non-hydrogen) atoms. The van der Waals surface area contributed by atoms with Crippen LogP contribution in [-0.2, 0) is 4.79 Å². The third-order valence-corrected chi connectivity index (χ3v) is 5.40. The van der Waals surface area contributed by atoms with Crippen molar-refractivity contribution in [1.82, 2.24) is 14.7 Å². The van der Waals surface area contributed by atoms with Gasteiger partial charge in [-0.2, -0.15) is 0 Å². The molecule has 0 radical (unpaired) electrons. The van der Waals surface area contributed by atoms with E-state index in [2.05, 4.69) is 27.5 Å². The maximum Gasteiger partial charge on any atom is 0.254 e. The van der Waals surface area contributed by atoms with E-state index in [1.807, 2.05) is 47.9 Å². The molecule has 1 saturated heterocycles. The number of carbonyl (C=O) groups is 2. The number of likely N-dealkylation sites (N-methyl/N-ethyl adjacent to an activating group) is 1. The monoisotopic (exact) mass is 443 g/mol. The van der Waals surface area contributed by atoms with Gasteiger partial charge in [-0.3, -0.25) is 14.5 Å². The van der Waals surface area contributed by atoms with Gasteiger partial charge in [0.25, 0.3) is 5.91 Å². The molecule has 2 amide bonds. The number of rotatable bonds is 5. The molecule has 1 aliphatic rings. The molecule has 0 aromatic heterocycles. The third-order valence-electron chi connectivity index (χ3n) is 4.46. The Balaban J connectivity index is 1.94. The number of amides is 2. The summed E-state index contributed by atoms with van der Waals surface area (Å²) in [5.41, 5.74) is 0.769. The van der Waals surface area contributed by atoms with Gasteiger partial charge in [-0.05, 0) is 55.0 Å². The molecule has 0 N–H and O–H groups in total. The largest absolute Gasteiger partial charge is 0.342 e. The minimum Gasteiger partial charge on any atom is -0.342 e. The topological polar surface area (TPSA) is 43.9 Å².